The largest absolute Gasteiger partial charge is 0.399 e. The van der Waals surface area contributed by atoms with E-state index in [1.807, 2.05) is 13.8 Å². The van der Waals surface area contributed by atoms with Crippen molar-refractivity contribution in [3.05, 3.63) is 29.8 Å². The second kappa shape index (κ2) is 6.88. The summed E-state index contributed by atoms with van der Waals surface area (Å²) >= 11 is 0. The molecule has 108 valence electrons. The Morgan fingerprint density at radius 3 is 2.58 bits per heavy atom. The zero-order valence-corrected chi connectivity index (χ0v) is 12.2. The van der Waals surface area contributed by atoms with Gasteiger partial charge in [0.25, 0.3) is 0 Å². The molecule has 5 nitrogen and oxygen atoms in total. The highest BCUT2D eigenvalue weighted by molar-refractivity contribution is 7.88. The molecule has 0 aromatic heterocycles. The van der Waals surface area contributed by atoms with Gasteiger partial charge >= 0.3 is 0 Å². The molecule has 1 rings (SSSR count). The Bertz CT molecular complexity index is 500. The molecule has 0 atom stereocenters. The van der Waals surface area contributed by atoms with Crippen LogP contribution in [0.5, 0.6) is 0 Å². The summed E-state index contributed by atoms with van der Waals surface area (Å²) in [5.74, 6) is -0.0678. The van der Waals surface area contributed by atoms with Crippen LogP contribution < -0.4 is 5.73 Å². The van der Waals surface area contributed by atoms with Gasteiger partial charge in [-0.15, -0.1) is 0 Å². The number of benzene rings is 1. The minimum Gasteiger partial charge on any atom is -0.399 e. The molecule has 0 spiro atoms. The van der Waals surface area contributed by atoms with Crippen LogP contribution in [-0.2, 0) is 15.8 Å². The molecule has 0 bridgehead atoms. The number of sulfonamides is 1. The Hall–Kier alpha value is -1.11. The molecule has 0 heterocycles. The summed E-state index contributed by atoms with van der Waals surface area (Å²) in [6.45, 7) is 3.97. The highest BCUT2D eigenvalue weighted by Gasteiger charge is 2.24. The first-order valence-corrected chi connectivity index (χ1v) is 7.92. The molecule has 0 aliphatic heterocycles. The van der Waals surface area contributed by atoms with Crippen LogP contribution in [-0.4, -0.2) is 37.0 Å². The van der Waals surface area contributed by atoms with Crippen LogP contribution in [0.4, 0.5) is 5.69 Å². The second-order valence-corrected chi connectivity index (χ2v) is 6.70. The van der Waals surface area contributed by atoms with E-state index in [9.17, 15) is 8.42 Å². The Morgan fingerprint density at radius 2 is 2.05 bits per heavy atom. The summed E-state index contributed by atoms with van der Waals surface area (Å²) in [4.78, 5) is 0. The third-order valence-corrected chi connectivity index (χ3v) is 4.79. The van der Waals surface area contributed by atoms with Gasteiger partial charge in [0.2, 0.25) is 10.0 Å². The Kier molecular flexibility index (Phi) is 5.78. The lowest BCUT2D eigenvalue weighted by Gasteiger charge is -2.25. The molecule has 3 N–H and O–H groups in total. The van der Waals surface area contributed by atoms with Crippen molar-refractivity contribution < 1.29 is 13.5 Å². The zero-order valence-electron chi connectivity index (χ0n) is 11.4. The van der Waals surface area contributed by atoms with E-state index in [0.717, 1.165) is 0 Å². The minimum absolute atomic E-state index is 0.0168. The predicted octanol–water partition coefficient (Wildman–Crippen LogP) is 1.19. The summed E-state index contributed by atoms with van der Waals surface area (Å²) in [5, 5.41) is 8.85. The van der Waals surface area contributed by atoms with Crippen molar-refractivity contribution in [2.75, 3.05) is 18.9 Å². The number of aliphatic hydroxyl groups is 1. The van der Waals surface area contributed by atoms with E-state index in [1.54, 1.807) is 24.3 Å². The molecule has 0 radical (unpaired) electrons. The van der Waals surface area contributed by atoms with E-state index in [1.165, 1.54) is 4.31 Å². The van der Waals surface area contributed by atoms with E-state index >= 15 is 0 Å². The van der Waals surface area contributed by atoms with Gasteiger partial charge in [-0.3, -0.25) is 0 Å². The lowest BCUT2D eigenvalue weighted by Crippen LogP contribution is -2.38. The maximum atomic E-state index is 12.4. The molecule has 6 heteroatoms. The number of nitrogens with two attached hydrogens (primary N) is 1. The number of rotatable bonds is 7. The summed E-state index contributed by atoms with van der Waals surface area (Å²) < 4.78 is 26.1. The van der Waals surface area contributed by atoms with Gasteiger partial charge < -0.3 is 10.8 Å². The zero-order chi connectivity index (χ0) is 14.5. The van der Waals surface area contributed by atoms with Crippen LogP contribution in [0.15, 0.2) is 24.3 Å². The van der Waals surface area contributed by atoms with E-state index < -0.39 is 10.0 Å². The van der Waals surface area contributed by atoms with Crippen LogP contribution >= 0.6 is 0 Å². The molecule has 0 aliphatic rings. The topological polar surface area (TPSA) is 83.6 Å². The highest BCUT2D eigenvalue weighted by Crippen LogP contribution is 2.16. The summed E-state index contributed by atoms with van der Waals surface area (Å²) in [7, 11) is -3.40. The van der Waals surface area contributed by atoms with Crippen molar-refractivity contribution in [2.24, 2.45) is 0 Å². The number of hydrogen-bond donors (Lipinski definition) is 2. The van der Waals surface area contributed by atoms with Gasteiger partial charge in [0.05, 0.1) is 5.75 Å². The normalized spacial score (nSPS) is 12.3. The monoisotopic (exact) mass is 286 g/mol. The molecule has 0 saturated carbocycles. The molecule has 19 heavy (non-hydrogen) atoms. The Morgan fingerprint density at radius 1 is 1.37 bits per heavy atom. The number of anilines is 1. The lowest BCUT2D eigenvalue weighted by molar-refractivity contribution is 0.258. The third-order valence-electron chi connectivity index (χ3n) is 2.77. The summed E-state index contributed by atoms with van der Waals surface area (Å²) in [5.41, 5.74) is 6.88. The number of hydrogen-bond acceptors (Lipinski definition) is 4. The van der Waals surface area contributed by atoms with E-state index in [0.29, 0.717) is 24.2 Å². The number of aliphatic hydroxyl groups excluding tert-OH is 1. The van der Waals surface area contributed by atoms with Crippen LogP contribution in [0.25, 0.3) is 0 Å². The first-order chi connectivity index (χ1) is 8.86. The molecule has 1 aromatic rings. The fraction of sp³-hybridized carbons (Fsp3) is 0.538. The Labute approximate surface area is 115 Å². The molecule has 0 amide bonds. The first kappa shape index (κ1) is 15.9. The fourth-order valence-corrected chi connectivity index (χ4v) is 3.74. The van der Waals surface area contributed by atoms with Gasteiger partial charge in [-0.25, -0.2) is 8.42 Å². The van der Waals surface area contributed by atoms with Crippen molar-refractivity contribution in [3.8, 4) is 0 Å². The fourth-order valence-electron chi connectivity index (χ4n) is 1.92. The van der Waals surface area contributed by atoms with Crippen molar-refractivity contribution in [3.63, 3.8) is 0 Å². The minimum atomic E-state index is -3.40. The standard InChI is InChI=1S/C13H22N2O3S/c1-11(2)15(7-4-8-16)19(17,18)10-12-5-3-6-13(14)9-12/h3,5-6,9,11,16H,4,7-8,10,14H2,1-2H3. The quantitative estimate of drug-likeness (QED) is 0.738. The van der Waals surface area contributed by atoms with Gasteiger partial charge in [0, 0.05) is 24.9 Å². The smallest absolute Gasteiger partial charge is 0.218 e. The van der Waals surface area contributed by atoms with Crippen LogP contribution in [0.2, 0.25) is 0 Å². The van der Waals surface area contributed by atoms with Gasteiger partial charge in [0.15, 0.2) is 0 Å². The predicted molar refractivity (Wildman–Crippen MR) is 77.0 cm³/mol. The summed E-state index contributed by atoms with van der Waals surface area (Å²) in [6.07, 6.45) is 0.439. The van der Waals surface area contributed by atoms with Crippen molar-refractivity contribution in [2.45, 2.75) is 32.1 Å². The van der Waals surface area contributed by atoms with Gasteiger partial charge in [-0.2, -0.15) is 4.31 Å². The van der Waals surface area contributed by atoms with E-state index in [2.05, 4.69) is 0 Å². The SMILES string of the molecule is CC(C)N(CCCO)S(=O)(=O)Cc1cccc(N)c1. The number of nitrogen functional groups attached to an aromatic ring is 1. The van der Waals surface area contributed by atoms with Gasteiger partial charge in [-0.05, 0) is 38.0 Å². The van der Waals surface area contributed by atoms with Gasteiger partial charge in [-0.1, -0.05) is 12.1 Å². The maximum Gasteiger partial charge on any atom is 0.218 e. The van der Waals surface area contributed by atoms with E-state index in [-0.39, 0.29) is 18.4 Å². The maximum absolute atomic E-state index is 12.4. The second-order valence-electron chi connectivity index (χ2n) is 4.78. The summed E-state index contributed by atoms with van der Waals surface area (Å²) in [6, 6.07) is 6.76. The lowest BCUT2D eigenvalue weighted by atomic mass is 10.2. The molecule has 0 aliphatic carbocycles. The molecule has 0 fully saturated rings. The average Bonchev–Trinajstić information content (AvgIpc) is 2.27. The van der Waals surface area contributed by atoms with Crippen molar-refractivity contribution in [1.82, 2.24) is 4.31 Å². The van der Waals surface area contributed by atoms with Crippen LogP contribution in [0.1, 0.15) is 25.8 Å². The first-order valence-electron chi connectivity index (χ1n) is 6.31. The Balaban J connectivity index is 2.88. The molecular formula is C13H22N2O3S. The number of nitrogens with zero attached hydrogens (tertiary/aromatic N) is 1. The van der Waals surface area contributed by atoms with Crippen molar-refractivity contribution in [1.29, 1.82) is 0 Å². The third kappa shape index (κ3) is 4.81. The van der Waals surface area contributed by atoms with Crippen molar-refractivity contribution >= 4 is 15.7 Å². The molecule has 0 saturated heterocycles. The molecular weight excluding hydrogens is 264 g/mol. The van der Waals surface area contributed by atoms with Crippen LogP contribution in [0, 0.1) is 0 Å². The molecule has 1 aromatic carbocycles. The molecule has 0 unspecified atom stereocenters. The average molecular weight is 286 g/mol. The van der Waals surface area contributed by atoms with E-state index in [4.69, 9.17) is 10.8 Å². The van der Waals surface area contributed by atoms with Crippen LogP contribution in [0.3, 0.4) is 0 Å². The highest BCUT2D eigenvalue weighted by atomic mass is 32.2. The van der Waals surface area contributed by atoms with Gasteiger partial charge in [0.1, 0.15) is 0 Å².